The lowest BCUT2D eigenvalue weighted by molar-refractivity contribution is 0.276. The van der Waals surface area contributed by atoms with Crippen LogP contribution in [0.1, 0.15) is 32.3 Å². The summed E-state index contributed by atoms with van der Waals surface area (Å²) in [7, 11) is 0. The molecule has 0 N–H and O–H groups in total. The molecule has 0 saturated heterocycles. The molecular formula is C16H20O2S. The number of aryl methyl sites for hydroxylation is 1. The van der Waals surface area contributed by atoms with Gasteiger partial charge in [0.15, 0.2) is 11.1 Å². The van der Waals surface area contributed by atoms with Gasteiger partial charge in [-0.05, 0) is 45.7 Å². The van der Waals surface area contributed by atoms with Crippen molar-refractivity contribution in [2.75, 3.05) is 0 Å². The molecule has 0 saturated carbocycles. The second kappa shape index (κ2) is 7.93. The van der Waals surface area contributed by atoms with Crippen LogP contribution in [0.25, 0.3) is 0 Å². The molecule has 2 nitrogen and oxygen atoms in total. The molecule has 0 aliphatic rings. The van der Waals surface area contributed by atoms with Crippen LogP contribution in [0.5, 0.6) is 0 Å². The molecule has 0 bridgehead atoms. The Hall–Kier alpha value is -1.37. The van der Waals surface area contributed by atoms with Crippen LogP contribution in [0.15, 0.2) is 40.8 Å². The van der Waals surface area contributed by atoms with E-state index >= 15 is 0 Å². The minimum atomic E-state index is -1.50. The molecule has 1 aromatic carbocycles. The maximum absolute atomic E-state index is 12.0. The molecular weight excluding hydrogens is 256 g/mol. The average molecular weight is 276 g/mol. The van der Waals surface area contributed by atoms with E-state index in [0.29, 0.717) is 11.3 Å². The maximum Gasteiger partial charge on any atom is 0.190 e. The molecule has 2 atom stereocenters. The van der Waals surface area contributed by atoms with E-state index in [1.54, 1.807) is 12.1 Å². The molecule has 0 spiro atoms. The average Bonchev–Trinajstić information content (AvgIpc) is 2.37. The van der Waals surface area contributed by atoms with Crippen LogP contribution >= 0.6 is 0 Å². The van der Waals surface area contributed by atoms with Gasteiger partial charge < -0.3 is 0 Å². The monoisotopic (exact) mass is 276 g/mol. The minimum Gasteiger partial charge on any atom is -0.270 e. The molecule has 0 aliphatic carbocycles. The predicted molar refractivity (Wildman–Crippen MR) is 80.0 cm³/mol. The number of hydrogen-bond acceptors (Lipinski definition) is 2. The fraction of sp³-hybridized carbons (Fsp3) is 0.375. The van der Waals surface area contributed by atoms with Crippen molar-refractivity contribution in [2.24, 2.45) is 0 Å². The largest absolute Gasteiger partial charge is 0.270 e. The zero-order chi connectivity index (χ0) is 14.3. The van der Waals surface area contributed by atoms with Gasteiger partial charge in [0.1, 0.15) is 6.10 Å². The predicted octanol–water partition coefficient (Wildman–Crippen LogP) is 3.78. The van der Waals surface area contributed by atoms with Crippen molar-refractivity contribution in [2.45, 2.75) is 44.6 Å². The second-order valence-corrected chi connectivity index (χ2v) is 5.79. The number of allylic oxidation sites excluding steroid dienone is 2. The summed E-state index contributed by atoms with van der Waals surface area (Å²) in [6.07, 6.45) is 8.61. The van der Waals surface area contributed by atoms with E-state index in [1.807, 2.05) is 32.9 Å². The second-order valence-electron chi connectivity index (χ2n) is 4.66. The number of rotatable bonds is 6. The summed E-state index contributed by atoms with van der Waals surface area (Å²) in [6, 6.07) is 7.42. The van der Waals surface area contributed by atoms with Gasteiger partial charge in [0, 0.05) is 0 Å². The smallest absolute Gasteiger partial charge is 0.190 e. The lowest BCUT2D eigenvalue weighted by Gasteiger charge is -2.10. The van der Waals surface area contributed by atoms with Gasteiger partial charge in [-0.2, -0.15) is 0 Å². The first-order valence-electron chi connectivity index (χ1n) is 6.28. The molecule has 1 aromatic rings. The molecule has 0 aromatic heterocycles. The van der Waals surface area contributed by atoms with E-state index in [2.05, 4.69) is 12.0 Å². The number of benzene rings is 1. The summed E-state index contributed by atoms with van der Waals surface area (Å²) in [5.41, 5.74) is 2.37. The molecule has 0 amide bonds. The molecule has 19 heavy (non-hydrogen) atoms. The highest BCUT2D eigenvalue weighted by Gasteiger charge is 2.11. The first kappa shape index (κ1) is 15.7. The summed E-state index contributed by atoms with van der Waals surface area (Å²) in [5.74, 6) is 2.54. The quantitative estimate of drug-likeness (QED) is 0.584. The molecule has 0 aliphatic heterocycles. The van der Waals surface area contributed by atoms with Gasteiger partial charge >= 0.3 is 0 Å². The van der Waals surface area contributed by atoms with Gasteiger partial charge in [0.05, 0.1) is 4.90 Å². The molecule has 3 heteroatoms. The summed E-state index contributed by atoms with van der Waals surface area (Å²) in [4.78, 5) is 0.646. The fourth-order valence-corrected chi connectivity index (χ4v) is 2.33. The standard InChI is InChI=1S/C16H20O2S/c1-5-15(8-6-7-13(2)3)18-19(17)16-11-9-14(4)10-12-16/h1,7,9-12,15H,6,8H2,2-4H3. The van der Waals surface area contributed by atoms with Crippen molar-refractivity contribution in [3.05, 3.63) is 41.5 Å². The van der Waals surface area contributed by atoms with E-state index in [9.17, 15) is 4.21 Å². The van der Waals surface area contributed by atoms with E-state index in [4.69, 9.17) is 10.6 Å². The highest BCUT2D eigenvalue weighted by Crippen LogP contribution is 2.13. The molecule has 2 unspecified atom stereocenters. The van der Waals surface area contributed by atoms with Gasteiger partial charge in [-0.3, -0.25) is 4.18 Å². The Morgan fingerprint density at radius 3 is 2.58 bits per heavy atom. The van der Waals surface area contributed by atoms with E-state index in [1.165, 1.54) is 5.57 Å². The Kier molecular flexibility index (Phi) is 6.55. The van der Waals surface area contributed by atoms with Crippen LogP contribution in [0, 0.1) is 19.3 Å². The van der Waals surface area contributed by atoms with E-state index in [-0.39, 0.29) is 0 Å². The van der Waals surface area contributed by atoms with Crippen molar-refractivity contribution in [1.82, 2.24) is 0 Å². The first-order valence-corrected chi connectivity index (χ1v) is 7.35. The summed E-state index contributed by atoms with van der Waals surface area (Å²) in [5, 5.41) is 0. The van der Waals surface area contributed by atoms with Crippen LogP contribution in [0.4, 0.5) is 0 Å². The van der Waals surface area contributed by atoms with Gasteiger partial charge in [-0.15, -0.1) is 6.42 Å². The maximum atomic E-state index is 12.0. The normalized spacial score (nSPS) is 13.4. The SMILES string of the molecule is C#CC(CCC=C(C)C)OS(=O)c1ccc(C)cc1. The number of hydrogen-bond donors (Lipinski definition) is 0. The van der Waals surface area contributed by atoms with Crippen LogP contribution in [0.2, 0.25) is 0 Å². The highest BCUT2D eigenvalue weighted by molar-refractivity contribution is 7.80. The van der Waals surface area contributed by atoms with Crippen LogP contribution in [-0.4, -0.2) is 10.3 Å². The van der Waals surface area contributed by atoms with E-state index < -0.39 is 17.2 Å². The fourth-order valence-electron chi connectivity index (χ4n) is 1.49. The van der Waals surface area contributed by atoms with Gasteiger partial charge in [-0.25, -0.2) is 4.21 Å². The van der Waals surface area contributed by atoms with Gasteiger partial charge in [0.25, 0.3) is 0 Å². The third kappa shape index (κ3) is 5.87. The Balaban J connectivity index is 2.56. The number of terminal acetylenes is 1. The zero-order valence-electron chi connectivity index (χ0n) is 11.7. The Morgan fingerprint density at radius 2 is 2.05 bits per heavy atom. The van der Waals surface area contributed by atoms with Gasteiger partial charge in [-0.1, -0.05) is 35.3 Å². The molecule has 102 valence electrons. The van der Waals surface area contributed by atoms with Crippen LogP contribution < -0.4 is 0 Å². The lowest BCUT2D eigenvalue weighted by Crippen LogP contribution is -2.12. The highest BCUT2D eigenvalue weighted by atomic mass is 32.2. The van der Waals surface area contributed by atoms with Crippen LogP contribution in [-0.2, 0) is 15.3 Å². The lowest BCUT2D eigenvalue weighted by atomic mass is 10.1. The zero-order valence-corrected chi connectivity index (χ0v) is 12.5. The first-order chi connectivity index (χ1) is 9.02. The third-order valence-electron chi connectivity index (χ3n) is 2.58. The van der Waals surface area contributed by atoms with Crippen molar-refractivity contribution in [1.29, 1.82) is 0 Å². The Bertz CT molecular complexity index is 490. The summed E-state index contributed by atoms with van der Waals surface area (Å²) in [6.45, 7) is 6.06. The van der Waals surface area contributed by atoms with Crippen molar-refractivity contribution in [3.63, 3.8) is 0 Å². The minimum absolute atomic E-state index is 0.419. The van der Waals surface area contributed by atoms with Crippen molar-refractivity contribution >= 4 is 11.1 Å². The Labute approximate surface area is 118 Å². The van der Waals surface area contributed by atoms with Gasteiger partial charge in [0.2, 0.25) is 0 Å². The molecule has 1 rings (SSSR count). The molecule has 0 fully saturated rings. The topological polar surface area (TPSA) is 26.3 Å². The van der Waals surface area contributed by atoms with Crippen molar-refractivity contribution in [3.8, 4) is 12.3 Å². The Morgan fingerprint density at radius 1 is 1.42 bits per heavy atom. The summed E-state index contributed by atoms with van der Waals surface area (Å²) >= 11 is -1.50. The summed E-state index contributed by atoms with van der Waals surface area (Å²) < 4.78 is 17.4. The van der Waals surface area contributed by atoms with Crippen LogP contribution in [0.3, 0.4) is 0 Å². The van der Waals surface area contributed by atoms with Crippen molar-refractivity contribution < 1.29 is 8.39 Å². The van der Waals surface area contributed by atoms with E-state index in [0.717, 1.165) is 12.0 Å². The molecule has 0 heterocycles. The third-order valence-corrected chi connectivity index (χ3v) is 3.65. The molecule has 0 radical (unpaired) electrons.